The van der Waals surface area contributed by atoms with E-state index in [1.807, 2.05) is 19.1 Å². The highest BCUT2D eigenvalue weighted by molar-refractivity contribution is 5.91. The van der Waals surface area contributed by atoms with E-state index in [1.165, 1.54) is 6.08 Å². The van der Waals surface area contributed by atoms with Crippen LogP contribution in [0.3, 0.4) is 0 Å². The SMILES string of the molecule is Cc1ccc(/C=C/C(=O)N(CCO)CCN2CCOCC2)o1. The van der Waals surface area contributed by atoms with Crippen molar-refractivity contribution in [2.75, 3.05) is 52.5 Å². The molecule has 0 spiro atoms. The first kappa shape index (κ1) is 16.7. The topological polar surface area (TPSA) is 66.2 Å². The number of carbonyl (C=O) groups excluding carboxylic acids is 1. The molecular weight excluding hydrogens is 284 g/mol. The van der Waals surface area contributed by atoms with Gasteiger partial charge in [-0.05, 0) is 25.1 Å². The number of hydrogen-bond acceptors (Lipinski definition) is 5. The number of hydrogen-bond donors (Lipinski definition) is 1. The third-order valence-corrected chi connectivity index (χ3v) is 3.62. The van der Waals surface area contributed by atoms with Crippen LogP contribution in [0.5, 0.6) is 0 Å². The van der Waals surface area contributed by atoms with Crippen molar-refractivity contribution >= 4 is 12.0 Å². The second-order valence-electron chi connectivity index (χ2n) is 5.28. The number of carbonyl (C=O) groups is 1. The van der Waals surface area contributed by atoms with E-state index in [0.717, 1.165) is 38.6 Å². The summed E-state index contributed by atoms with van der Waals surface area (Å²) in [5, 5.41) is 9.14. The summed E-state index contributed by atoms with van der Waals surface area (Å²) in [6.45, 7) is 6.82. The first-order valence-corrected chi connectivity index (χ1v) is 7.63. The molecule has 2 rings (SSSR count). The second-order valence-corrected chi connectivity index (χ2v) is 5.28. The Kier molecular flexibility index (Phi) is 6.64. The molecule has 1 aliphatic rings. The molecule has 1 aromatic rings. The van der Waals surface area contributed by atoms with Gasteiger partial charge in [0, 0.05) is 38.8 Å². The fourth-order valence-electron chi connectivity index (χ4n) is 2.34. The number of ether oxygens (including phenoxy) is 1. The number of morpholine rings is 1. The van der Waals surface area contributed by atoms with Gasteiger partial charge in [0.2, 0.25) is 5.91 Å². The Morgan fingerprint density at radius 2 is 2.14 bits per heavy atom. The summed E-state index contributed by atoms with van der Waals surface area (Å²) in [4.78, 5) is 16.1. The quantitative estimate of drug-likeness (QED) is 0.753. The fourth-order valence-corrected chi connectivity index (χ4v) is 2.34. The van der Waals surface area contributed by atoms with Gasteiger partial charge in [0.15, 0.2) is 0 Å². The Labute approximate surface area is 130 Å². The molecule has 122 valence electrons. The molecule has 0 aromatic carbocycles. The molecule has 1 fully saturated rings. The number of amides is 1. The largest absolute Gasteiger partial charge is 0.462 e. The predicted octanol–water partition coefficient (Wildman–Crippen LogP) is 0.754. The van der Waals surface area contributed by atoms with Crippen molar-refractivity contribution in [3.05, 3.63) is 29.7 Å². The molecule has 1 saturated heterocycles. The Morgan fingerprint density at radius 3 is 2.77 bits per heavy atom. The summed E-state index contributed by atoms with van der Waals surface area (Å²) in [5.74, 6) is 1.35. The maximum atomic E-state index is 12.2. The van der Waals surface area contributed by atoms with E-state index in [-0.39, 0.29) is 12.5 Å². The highest BCUT2D eigenvalue weighted by atomic mass is 16.5. The lowest BCUT2D eigenvalue weighted by molar-refractivity contribution is -0.126. The third kappa shape index (κ3) is 5.29. The Bertz CT molecular complexity index is 492. The maximum Gasteiger partial charge on any atom is 0.246 e. The Hall–Kier alpha value is -1.63. The van der Waals surface area contributed by atoms with Crippen molar-refractivity contribution in [3.8, 4) is 0 Å². The first-order chi connectivity index (χ1) is 10.7. The number of aliphatic hydroxyl groups excluding tert-OH is 1. The van der Waals surface area contributed by atoms with Crippen molar-refractivity contribution in [1.29, 1.82) is 0 Å². The van der Waals surface area contributed by atoms with Crippen LogP contribution in [0.2, 0.25) is 0 Å². The van der Waals surface area contributed by atoms with Crippen molar-refractivity contribution < 1.29 is 19.1 Å². The van der Waals surface area contributed by atoms with Crippen LogP contribution in [-0.4, -0.2) is 73.4 Å². The Morgan fingerprint density at radius 1 is 1.36 bits per heavy atom. The van der Waals surface area contributed by atoms with Gasteiger partial charge in [-0.3, -0.25) is 9.69 Å². The van der Waals surface area contributed by atoms with Crippen molar-refractivity contribution in [2.24, 2.45) is 0 Å². The minimum Gasteiger partial charge on any atom is -0.462 e. The molecular formula is C16H24N2O4. The number of furan rings is 1. The molecule has 6 heteroatoms. The van der Waals surface area contributed by atoms with E-state index in [2.05, 4.69) is 4.90 Å². The second kappa shape index (κ2) is 8.73. The van der Waals surface area contributed by atoms with Gasteiger partial charge in [-0.2, -0.15) is 0 Å². The lowest BCUT2D eigenvalue weighted by Gasteiger charge is -2.29. The monoisotopic (exact) mass is 308 g/mol. The molecule has 0 unspecified atom stereocenters. The molecule has 22 heavy (non-hydrogen) atoms. The molecule has 0 aliphatic carbocycles. The van der Waals surface area contributed by atoms with E-state index in [4.69, 9.17) is 14.3 Å². The van der Waals surface area contributed by atoms with Crippen molar-refractivity contribution in [1.82, 2.24) is 9.80 Å². The molecule has 1 aromatic heterocycles. The molecule has 0 saturated carbocycles. The Balaban J connectivity index is 1.85. The van der Waals surface area contributed by atoms with Gasteiger partial charge in [-0.25, -0.2) is 0 Å². The number of aryl methyl sites for hydroxylation is 1. The number of aliphatic hydroxyl groups is 1. The summed E-state index contributed by atoms with van der Waals surface area (Å²) in [6.07, 6.45) is 3.15. The highest BCUT2D eigenvalue weighted by Gasteiger charge is 2.14. The smallest absolute Gasteiger partial charge is 0.246 e. The predicted molar refractivity (Wildman–Crippen MR) is 83.4 cm³/mol. The highest BCUT2D eigenvalue weighted by Crippen LogP contribution is 2.08. The van der Waals surface area contributed by atoms with Crippen LogP contribution < -0.4 is 0 Å². The van der Waals surface area contributed by atoms with Crippen LogP contribution in [-0.2, 0) is 9.53 Å². The zero-order chi connectivity index (χ0) is 15.8. The zero-order valence-electron chi connectivity index (χ0n) is 13.0. The average Bonchev–Trinajstić information content (AvgIpc) is 2.95. The van der Waals surface area contributed by atoms with Gasteiger partial charge in [0.05, 0.1) is 19.8 Å². The van der Waals surface area contributed by atoms with Gasteiger partial charge in [0.25, 0.3) is 0 Å². The lowest BCUT2D eigenvalue weighted by atomic mass is 10.3. The molecule has 6 nitrogen and oxygen atoms in total. The lowest BCUT2D eigenvalue weighted by Crippen LogP contribution is -2.43. The number of rotatable bonds is 7. The van der Waals surface area contributed by atoms with Crippen LogP contribution in [0.15, 0.2) is 22.6 Å². The van der Waals surface area contributed by atoms with Crippen LogP contribution in [0.25, 0.3) is 6.08 Å². The molecule has 1 amide bonds. The number of nitrogens with zero attached hydrogens (tertiary/aromatic N) is 2. The van der Waals surface area contributed by atoms with E-state index >= 15 is 0 Å². The minimum absolute atomic E-state index is 0.0391. The summed E-state index contributed by atoms with van der Waals surface area (Å²) in [7, 11) is 0. The van der Waals surface area contributed by atoms with Gasteiger partial charge >= 0.3 is 0 Å². The summed E-state index contributed by atoms with van der Waals surface area (Å²) >= 11 is 0. The maximum absolute atomic E-state index is 12.2. The van der Waals surface area contributed by atoms with Crippen LogP contribution in [0.4, 0.5) is 0 Å². The normalized spacial score (nSPS) is 16.3. The van der Waals surface area contributed by atoms with Crippen molar-refractivity contribution in [3.63, 3.8) is 0 Å². The molecule has 1 N–H and O–H groups in total. The third-order valence-electron chi connectivity index (χ3n) is 3.62. The summed E-state index contributed by atoms with van der Waals surface area (Å²) in [6, 6.07) is 3.68. The van der Waals surface area contributed by atoms with Gasteiger partial charge < -0.3 is 19.2 Å². The standard InChI is InChI=1S/C16H24N2O4/c1-14-2-3-15(22-14)4-5-16(20)18(8-11-19)7-6-17-9-12-21-13-10-17/h2-5,19H,6-13H2,1H3/b5-4+. The molecule has 0 radical (unpaired) electrons. The van der Waals surface area contributed by atoms with E-state index in [0.29, 0.717) is 18.8 Å². The van der Waals surface area contributed by atoms with Gasteiger partial charge in [-0.15, -0.1) is 0 Å². The summed E-state index contributed by atoms with van der Waals surface area (Å²) in [5.41, 5.74) is 0. The van der Waals surface area contributed by atoms with E-state index < -0.39 is 0 Å². The van der Waals surface area contributed by atoms with E-state index in [9.17, 15) is 4.79 Å². The molecule has 0 atom stereocenters. The molecule has 1 aliphatic heterocycles. The first-order valence-electron chi connectivity index (χ1n) is 7.63. The summed E-state index contributed by atoms with van der Waals surface area (Å²) < 4.78 is 10.7. The average molecular weight is 308 g/mol. The molecule has 0 bridgehead atoms. The minimum atomic E-state index is -0.114. The van der Waals surface area contributed by atoms with Crippen LogP contribution >= 0.6 is 0 Å². The van der Waals surface area contributed by atoms with Crippen LogP contribution in [0, 0.1) is 6.92 Å². The van der Waals surface area contributed by atoms with Crippen molar-refractivity contribution in [2.45, 2.75) is 6.92 Å². The van der Waals surface area contributed by atoms with Crippen LogP contribution in [0.1, 0.15) is 11.5 Å². The molecule has 2 heterocycles. The van der Waals surface area contributed by atoms with Gasteiger partial charge in [-0.1, -0.05) is 0 Å². The van der Waals surface area contributed by atoms with E-state index in [1.54, 1.807) is 11.0 Å². The fraction of sp³-hybridized carbons (Fsp3) is 0.562. The van der Waals surface area contributed by atoms with Gasteiger partial charge in [0.1, 0.15) is 11.5 Å². The zero-order valence-corrected chi connectivity index (χ0v) is 13.0.